The molecule has 0 bridgehead atoms. The molecule has 1 amide bonds. The Morgan fingerprint density at radius 2 is 2.00 bits per heavy atom. The minimum atomic E-state index is -4.49. The fourth-order valence-corrected chi connectivity index (χ4v) is 1.11. The van der Waals surface area contributed by atoms with Crippen molar-refractivity contribution in [2.45, 2.75) is 6.18 Å². The summed E-state index contributed by atoms with van der Waals surface area (Å²) < 4.78 is 36.9. The van der Waals surface area contributed by atoms with Gasteiger partial charge in [-0.2, -0.15) is 13.2 Å². The first-order valence-corrected chi connectivity index (χ1v) is 4.49. The van der Waals surface area contributed by atoms with Gasteiger partial charge in [-0.15, -0.1) is 0 Å². The number of amides is 1. The second-order valence-corrected chi connectivity index (χ2v) is 3.34. The zero-order valence-electron chi connectivity index (χ0n) is 7.84. The topological polar surface area (TPSA) is 55.1 Å². The van der Waals surface area contributed by atoms with Gasteiger partial charge in [0.15, 0.2) is 5.11 Å². The van der Waals surface area contributed by atoms with Gasteiger partial charge in [0.05, 0.1) is 5.56 Å². The molecular formula is C9H7F3N2OS. The molecule has 1 aromatic rings. The lowest BCUT2D eigenvalue weighted by atomic mass is 10.1. The molecule has 0 aromatic heterocycles. The molecule has 1 rings (SSSR count). The van der Waals surface area contributed by atoms with Gasteiger partial charge in [0.25, 0.3) is 5.91 Å². The van der Waals surface area contributed by atoms with Crippen molar-refractivity contribution in [2.24, 2.45) is 5.73 Å². The highest BCUT2D eigenvalue weighted by molar-refractivity contribution is 7.80. The molecular weight excluding hydrogens is 241 g/mol. The van der Waals surface area contributed by atoms with Gasteiger partial charge in [-0.05, 0) is 30.4 Å². The molecule has 16 heavy (non-hydrogen) atoms. The number of carbonyl (C=O) groups excluding carboxylic acids is 1. The first kappa shape index (κ1) is 12.4. The van der Waals surface area contributed by atoms with Gasteiger partial charge in [-0.3, -0.25) is 10.1 Å². The molecule has 0 aliphatic heterocycles. The van der Waals surface area contributed by atoms with E-state index in [2.05, 4.69) is 12.2 Å². The third kappa shape index (κ3) is 3.20. The van der Waals surface area contributed by atoms with Gasteiger partial charge in [0.2, 0.25) is 0 Å². The first-order valence-electron chi connectivity index (χ1n) is 4.09. The van der Waals surface area contributed by atoms with Crippen LogP contribution in [0.5, 0.6) is 0 Å². The zero-order valence-corrected chi connectivity index (χ0v) is 8.65. The smallest absolute Gasteiger partial charge is 0.376 e. The highest BCUT2D eigenvalue weighted by Crippen LogP contribution is 2.29. The van der Waals surface area contributed by atoms with Crippen LogP contribution < -0.4 is 11.1 Å². The Morgan fingerprint density at radius 3 is 2.50 bits per heavy atom. The highest BCUT2D eigenvalue weighted by atomic mass is 32.1. The maximum atomic E-state index is 12.3. The van der Waals surface area contributed by atoms with E-state index >= 15 is 0 Å². The summed E-state index contributed by atoms with van der Waals surface area (Å²) in [6.45, 7) is 0. The molecule has 0 aliphatic rings. The SMILES string of the molecule is NC(=S)NC(=O)c1cccc(C(F)(F)F)c1. The van der Waals surface area contributed by atoms with Gasteiger partial charge >= 0.3 is 6.18 Å². The molecule has 7 heteroatoms. The Kier molecular flexibility index (Phi) is 3.48. The van der Waals surface area contributed by atoms with Crippen LogP contribution in [0.2, 0.25) is 0 Å². The number of alkyl halides is 3. The van der Waals surface area contributed by atoms with Gasteiger partial charge in [-0.25, -0.2) is 0 Å². The Balaban J connectivity index is 2.99. The van der Waals surface area contributed by atoms with Crippen LogP contribution >= 0.6 is 12.2 Å². The van der Waals surface area contributed by atoms with Crippen molar-refractivity contribution in [2.75, 3.05) is 0 Å². The predicted molar refractivity (Wildman–Crippen MR) is 55.7 cm³/mol. The second-order valence-electron chi connectivity index (χ2n) is 2.90. The molecule has 0 heterocycles. The van der Waals surface area contributed by atoms with Gasteiger partial charge in [0.1, 0.15) is 0 Å². The lowest BCUT2D eigenvalue weighted by molar-refractivity contribution is -0.137. The number of benzene rings is 1. The summed E-state index contributed by atoms with van der Waals surface area (Å²) in [4.78, 5) is 11.3. The van der Waals surface area contributed by atoms with E-state index in [0.717, 1.165) is 18.2 Å². The monoisotopic (exact) mass is 248 g/mol. The molecule has 86 valence electrons. The summed E-state index contributed by atoms with van der Waals surface area (Å²) >= 11 is 4.40. The van der Waals surface area contributed by atoms with Crippen LogP contribution in [-0.2, 0) is 6.18 Å². The number of nitrogens with two attached hydrogens (primary N) is 1. The molecule has 0 spiro atoms. The largest absolute Gasteiger partial charge is 0.416 e. The fraction of sp³-hybridized carbons (Fsp3) is 0.111. The zero-order chi connectivity index (χ0) is 12.3. The van der Waals surface area contributed by atoms with Crippen molar-refractivity contribution < 1.29 is 18.0 Å². The number of carbonyl (C=O) groups is 1. The summed E-state index contributed by atoms with van der Waals surface area (Å²) in [5.41, 5.74) is 3.98. The summed E-state index contributed by atoms with van der Waals surface area (Å²) in [5, 5.41) is 1.75. The number of thiocarbonyl (C=S) groups is 1. The predicted octanol–water partition coefficient (Wildman–Crippen LogP) is 1.68. The number of hydrogen-bond donors (Lipinski definition) is 2. The third-order valence-corrected chi connectivity index (χ3v) is 1.79. The van der Waals surface area contributed by atoms with Gasteiger partial charge < -0.3 is 5.73 Å². The van der Waals surface area contributed by atoms with Crippen LogP contribution in [0.4, 0.5) is 13.2 Å². The molecule has 0 radical (unpaired) electrons. The lowest BCUT2D eigenvalue weighted by Gasteiger charge is -2.08. The van der Waals surface area contributed by atoms with Crippen LogP contribution in [0.25, 0.3) is 0 Å². The molecule has 1 aromatic carbocycles. The van der Waals surface area contributed by atoms with Crippen LogP contribution in [0, 0.1) is 0 Å². The maximum absolute atomic E-state index is 12.3. The minimum absolute atomic E-state index is 0.150. The van der Waals surface area contributed by atoms with E-state index in [-0.39, 0.29) is 10.7 Å². The molecule has 3 nitrogen and oxygen atoms in total. The van der Waals surface area contributed by atoms with Gasteiger partial charge in [-0.1, -0.05) is 6.07 Å². The number of rotatable bonds is 1. The van der Waals surface area contributed by atoms with E-state index in [1.54, 1.807) is 0 Å². The first-order chi connectivity index (χ1) is 7.30. The Hall–Kier alpha value is -1.63. The summed E-state index contributed by atoms with van der Waals surface area (Å²) in [6.07, 6.45) is -4.49. The van der Waals surface area contributed by atoms with Crippen LogP contribution in [-0.4, -0.2) is 11.0 Å². The van der Waals surface area contributed by atoms with Crippen molar-refractivity contribution in [1.82, 2.24) is 5.32 Å². The Morgan fingerprint density at radius 1 is 1.38 bits per heavy atom. The molecule has 0 unspecified atom stereocenters. The standard InChI is InChI=1S/C9H7F3N2OS/c10-9(11,12)6-3-1-2-5(4-6)7(15)14-8(13)16/h1-4H,(H3,13,14,15,16). The third-order valence-electron chi connectivity index (χ3n) is 1.69. The fourth-order valence-electron chi connectivity index (χ4n) is 1.02. The number of halogens is 3. The quantitative estimate of drug-likeness (QED) is 0.743. The minimum Gasteiger partial charge on any atom is -0.376 e. The van der Waals surface area contributed by atoms with Crippen molar-refractivity contribution in [1.29, 1.82) is 0 Å². The molecule has 0 saturated heterocycles. The van der Waals surface area contributed by atoms with Crippen LogP contribution in [0.1, 0.15) is 15.9 Å². The van der Waals surface area contributed by atoms with Crippen LogP contribution in [0.15, 0.2) is 24.3 Å². The van der Waals surface area contributed by atoms with Crippen molar-refractivity contribution >= 4 is 23.2 Å². The number of hydrogen-bond acceptors (Lipinski definition) is 2. The van der Waals surface area contributed by atoms with E-state index in [9.17, 15) is 18.0 Å². The van der Waals surface area contributed by atoms with E-state index in [1.807, 2.05) is 5.32 Å². The van der Waals surface area contributed by atoms with E-state index in [1.165, 1.54) is 6.07 Å². The maximum Gasteiger partial charge on any atom is 0.416 e. The molecule has 0 atom stereocenters. The van der Waals surface area contributed by atoms with Crippen LogP contribution in [0.3, 0.4) is 0 Å². The number of nitrogens with one attached hydrogen (secondary N) is 1. The summed E-state index contributed by atoms with van der Waals surface area (Å²) in [7, 11) is 0. The molecule has 0 saturated carbocycles. The van der Waals surface area contributed by atoms with Gasteiger partial charge in [0, 0.05) is 5.56 Å². The Labute approximate surface area is 94.4 Å². The van der Waals surface area contributed by atoms with E-state index in [4.69, 9.17) is 5.73 Å². The second kappa shape index (κ2) is 4.48. The average molecular weight is 248 g/mol. The Bertz CT molecular complexity index is 431. The van der Waals surface area contributed by atoms with Crippen molar-refractivity contribution in [3.63, 3.8) is 0 Å². The summed E-state index contributed by atoms with van der Waals surface area (Å²) in [6, 6.07) is 3.98. The summed E-state index contributed by atoms with van der Waals surface area (Å²) in [5.74, 6) is -0.765. The van der Waals surface area contributed by atoms with Crippen molar-refractivity contribution in [3.05, 3.63) is 35.4 Å². The van der Waals surface area contributed by atoms with E-state index < -0.39 is 17.6 Å². The lowest BCUT2D eigenvalue weighted by Crippen LogP contribution is -2.34. The highest BCUT2D eigenvalue weighted by Gasteiger charge is 2.30. The molecule has 0 fully saturated rings. The van der Waals surface area contributed by atoms with Crippen molar-refractivity contribution in [3.8, 4) is 0 Å². The molecule has 3 N–H and O–H groups in total. The average Bonchev–Trinajstić information content (AvgIpc) is 2.15. The normalized spacial score (nSPS) is 10.9. The van der Waals surface area contributed by atoms with E-state index in [0.29, 0.717) is 0 Å². The molecule has 0 aliphatic carbocycles.